The second-order valence-electron chi connectivity index (χ2n) is 16.6. The molecule has 5 aromatic heterocycles. The van der Waals surface area contributed by atoms with Gasteiger partial charge in [0, 0.05) is 81.8 Å². The van der Waals surface area contributed by atoms with E-state index in [-0.39, 0.29) is 36.3 Å². The summed E-state index contributed by atoms with van der Waals surface area (Å²) in [5, 5.41) is 13.3. The number of imidazole rings is 1. The van der Waals surface area contributed by atoms with Gasteiger partial charge in [-0.1, -0.05) is 6.07 Å². The number of pyridine rings is 1. The van der Waals surface area contributed by atoms with Crippen molar-refractivity contribution in [2.45, 2.75) is 69.4 Å². The monoisotopic (exact) mass is 829 g/mol. The van der Waals surface area contributed by atoms with Gasteiger partial charge in [-0.25, -0.2) is 27.8 Å². The predicted octanol–water partition coefficient (Wildman–Crippen LogP) is 5.50. The normalized spacial score (nSPS) is 22.5. The van der Waals surface area contributed by atoms with E-state index in [1.165, 1.54) is 34.6 Å². The molecule has 61 heavy (non-hydrogen) atoms. The molecule has 1 unspecified atom stereocenters. The van der Waals surface area contributed by atoms with Gasteiger partial charge in [-0.2, -0.15) is 20.2 Å². The SMILES string of the molecule is CO[C@H]1CN(C)C(=O)[C@@H]2CC(CN2c2nc(N3[C@H]4CC[C@@H]3c3cnn(C)c3C4)nc3c2cnn3-c2ccc(F)cc2F)Nc2cccc(n2)-c2cc(F)cc3nc(C)n(c23)C1. The molecule has 1 N–H and O–H groups in total. The van der Waals surface area contributed by atoms with Crippen LogP contribution in [0.2, 0.25) is 0 Å². The molecule has 312 valence electrons. The lowest BCUT2D eigenvalue weighted by atomic mass is 10.0. The minimum absolute atomic E-state index is 0.0290. The summed E-state index contributed by atoms with van der Waals surface area (Å²) in [6, 6.07) is 10.9. The summed E-state index contributed by atoms with van der Waals surface area (Å²) in [5.41, 5.74) is 5.04. The minimum atomic E-state index is -0.794. The average molecular weight is 830 g/mol. The van der Waals surface area contributed by atoms with Crippen LogP contribution in [-0.2, 0) is 29.5 Å². The van der Waals surface area contributed by atoms with E-state index < -0.39 is 29.6 Å². The molecule has 0 radical (unpaired) electrons. The van der Waals surface area contributed by atoms with Crippen molar-refractivity contribution in [2.75, 3.05) is 42.4 Å². The number of methoxy groups -OCH3 is 1. The van der Waals surface area contributed by atoms with Gasteiger partial charge in [-0.15, -0.1) is 0 Å². The summed E-state index contributed by atoms with van der Waals surface area (Å²) >= 11 is 0. The van der Waals surface area contributed by atoms with E-state index in [0.29, 0.717) is 70.7 Å². The van der Waals surface area contributed by atoms with E-state index in [9.17, 15) is 9.18 Å². The fourth-order valence-corrected chi connectivity index (χ4v) is 10.1. The molecule has 18 heteroatoms. The third-order valence-corrected chi connectivity index (χ3v) is 13.0. The first kappa shape index (κ1) is 37.4. The number of hydrogen-bond acceptors (Lipinski definition) is 11. The van der Waals surface area contributed by atoms with Crippen LogP contribution in [0, 0.1) is 24.4 Å². The lowest BCUT2D eigenvalue weighted by molar-refractivity contribution is -0.132. The largest absolute Gasteiger partial charge is 0.378 e. The van der Waals surface area contributed by atoms with Gasteiger partial charge in [0.15, 0.2) is 11.5 Å². The quantitative estimate of drug-likeness (QED) is 0.241. The van der Waals surface area contributed by atoms with E-state index in [1.807, 2.05) is 52.5 Å². The van der Waals surface area contributed by atoms with Crippen molar-refractivity contribution in [1.29, 1.82) is 0 Å². The number of aromatic nitrogens is 9. The molecule has 9 heterocycles. The summed E-state index contributed by atoms with van der Waals surface area (Å²) in [4.78, 5) is 41.0. The molecule has 0 saturated carbocycles. The molecule has 2 fully saturated rings. The fraction of sp³-hybridized carbons (Fsp3) is 0.372. The van der Waals surface area contributed by atoms with E-state index in [0.717, 1.165) is 36.4 Å². The first-order chi connectivity index (χ1) is 29.5. The molecule has 2 aromatic carbocycles. The molecule has 4 aliphatic heterocycles. The summed E-state index contributed by atoms with van der Waals surface area (Å²) in [6.07, 6.45) is 5.96. The third-order valence-electron chi connectivity index (χ3n) is 13.0. The Labute approximate surface area is 347 Å². The van der Waals surface area contributed by atoms with Crippen LogP contribution in [0.15, 0.2) is 60.9 Å². The van der Waals surface area contributed by atoms with Crippen molar-refractivity contribution in [3.8, 4) is 16.9 Å². The molecule has 2 saturated heterocycles. The number of rotatable bonds is 4. The van der Waals surface area contributed by atoms with Crippen LogP contribution in [-0.4, -0.2) is 106 Å². The van der Waals surface area contributed by atoms with Crippen LogP contribution in [0.1, 0.15) is 42.4 Å². The predicted molar refractivity (Wildman–Crippen MR) is 221 cm³/mol. The van der Waals surface area contributed by atoms with Crippen molar-refractivity contribution >= 4 is 45.6 Å². The van der Waals surface area contributed by atoms with E-state index >= 15 is 8.78 Å². The van der Waals surface area contributed by atoms with Crippen molar-refractivity contribution < 1.29 is 22.7 Å². The Bertz CT molecular complexity index is 2910. The van der Waals surface area contributed by atoms with Crippen molar-refractivity contribution in [1.82, 2.24) is 49.0 Å². The number of ether oxygens (including phenoxy) is 1. The van der Waals surface area contributed by atoms with Gasteiger partial charge < -0.3 is 29.3 Å². The molecular weight excluding hydrogens is 788 g/mol. The number of halogens is 3. The Morgan fingerprint density at radius 3 is 2.59 bits per heavy atom. The zero-order valence-corrected chi connectivity index (χ0v) is 33.9. The number of nitrogens with zero attached hydrogens (tertiary/aromatic N) is 12. The highest BCUT2D eigenvalue weighted by atomic mass is 19.1. The van der Waals surface area contributed by atoms with Crippen LogP contribution < -0.4 is 15.1 Å². The summed E-state index contributed by atoms with van der Waals surface area (Å²) in [6.45, 7) is 2.79. The number of nitrogens with one attached hydrogen (secondary N) is 1. The second kappa shape index (κ2) is 14.0. The van der Waals surface area contributed by atoms with Crippen LogP contribution >= 0.6 is 0 Å². The molecular formula is C43H42F3N13O2. The smallest absolute Gasteiger partial charge is 0.245 e. The number of anilines is 3. The fourth-order valence-electron chi connectivity index (χ4n) is 10.1. The maximum atomic E-state index is 15.5. The standard InChI is InChI=1S/C43H42F3N13O2/c1-22-49-33-14-24(45)12-28-32-6-5-7-38(51-32)50-25-15-37(42(60)54(2)20-27(61-4)21-56(22)39(28)33)57(19-25)40-30-18-48-59(35-10-8-23(44)13-31(35)46)41(30)53-43(52-40)58-26-9-11-34(58)29-17-47-55(3)36(29)16-26/h5-8,10,12-14,17-18,25-27,34,37H,9,11,15-16,19-21H2,1-4H3,(H,50,51)/t25?,26-,27-,34+,37-/m0/s1. The first-order valence-electron chi connectivity index (χ1n) is 20.5. The second-order valence-corrected chi connectivity index (χ2v) is 16.6. The summed E-state index contributed by atoms with van der Waals surface area (Å²) in [5.74, 6) is 0.0406. The molecule has 0 spiro atoms. The first-order valence-corrected chi connectivity index (χ1v) is 20.5. The number of fused-ring (bicyclic) bond motifs is 10. The summed E-state index contributed by atoms with van der Waals surface area (Å²) in [7, 11) is 5.34. The molecule has 1 amide bonds. The van der Waals surface area contributed by atoms with Gasteiger partial charge in [0.1, 0.15) is 40.8 Å². The summed E-state index contributed by atoms with van der Waals surface area (Å²) < 4.78 is 56.2. The average Bonchev–Trinajstić information content (AvgIpc) is 4.07. The van der Waals surface area contributed by atoms with E-state index in [2.05, 4.69) is 20.4 Å². The number of likely N-dealkylation sites (N-methyl/N-ethyl adjacent to an activating group) is 1. The number of carbonyl (C=O) groups is 1. The van der Waals surface area contributed by atoms with Crippen molar-refractivity contribution in [2.24, 2.45) is 7.05 Å². The molecule has 11 rings (SSSR count). The number of amides is 1. The Balaban J connectivity index is 1.06. The zero-order chi connectivity index (χ0) is 41.8. The van der Waals surface area contributed by atoms with Gasteiger partial charge >= 0.3 is 0 Å². The molecule has 5 atom stereocenters. The van der Waals surface area contributed by atoms with Crippen LogP contribution in [0.3, 0.4) is 0 Å². The number of benzene rings is 2. The number of carbonyl (C=O) groups excluding carboxylic acids is 1. The number of hydrogen-bond donors (Lipinski definition) is 1. The Morgan fingerprint density at radius 1 is 0.885 bits per heavy atom. The molecule has 7 aromatic rings. The molecule has 0 aliphatic carbocycles. The Hall–Kier alpha value is -6.56. The van der Waals surface area contributed by atoms with Crippen molar-refractivity contribution in [3.05, 3.63) is 95.5 Å². The van der Waals surface area contributed by atoms with E-state index in [1.54, 1.807) is 25.3 Å². The zero-order valence-electron chi connectivity index (χ0n) is 33.9. The molecule has 15 nitrogen and oxygen atoms in total. The highest BCUT2D eigenvalue weighted by Crippen LogP contribution is 2.46. The maximum Gasteiger partial charge on any atom is 0.245 e. The van der Waals surface area contributed by atoms with Crippen molar-refractivity contribution in [3.63, 3.8) is 0 Å². The van der Waals surface area contributed by atoms with Gasteiger partial charge in [0.2, 0.25) is 11.9 Å². The van der Waals surface area contributed by atoms with E-state index in [4.69, 9.17) is 24.7 Å². The Morgan fingerprint density at radius 2 is 1.75 bits per heavy atom. The van der Waals surface area contributed by atoms with Gasteiger partial charge in [0.25, 0.3) is 0 Å². The topological polar surface area (TPSA) is 140 Å². The Kier molecular flexibility index (Phi) is 8.60. The highest BCUT2D eigenvalue weighted by Gasteiger charge is 2.45. The minimum Gasteiger partial charge on any atom is -0.378 e. The lowest BCUT2D eigenvalue weighted by Gasteiger charge is -2.36. The lowest BCUT2D eigenvalue weighted by Crippen LogP contribution is -2.47. The van der Waals surface area contributed by atoms with Gasteiger partial charge in [-0.05, 0) is 56.5 Å². The highest BCUT2D eigenvalue weighted by molar-refractivity contribution is 5.94. The third kappa shape index (κ3) is 6.01. The maximum absolute atomic E-state index is 15.5. The molecule has 6 bridgehead atoms. The number of aryl methyl sites for hydroxylation is 2. The van der Waals surface area contributed by atoms with Gasteiger partial charge in [0.05, 0.1) is 53.2 Å². The van der Waals surface area contributed by atoms with Crippen LogP contribution in [0.4, 0.5) is 30.8 Å². The van der Waals surface area contributed by atoms with Crippen LogP contribution in [0.5, 0.6) is 0 Å². The molecule has 4 aliphatic rings. The van der Waals surface area contributed by atoms with Gasteiger partial charge in [-0.3, -0.25) is 9.48 Å². The van der Waals surface area contributed by atoms with Crippen LogP contribution in [0.25, 0.3) is 39.0 Å².